The van der Waals surface area contributed by atoms with Crippen molar-refractivity contribution in [1.82, 2.24) is 0 Å². The van der Waals surface area contributed by atoms with Crippen molar-refractivity contribution in [2.45, 2.75) is 75.3 Å². The Balaban J connectivity index is 0.000000350. The van der Waals surface area contributed by atoms with Gasteiger partial charge in [-0.2, -0.15) is 47.9 Å². The van der Waals surface area contributed by atoms with Crippen molar-refractivity contribution in [3.63, 3.8) is 0 Å². The van der Waals surface area contributed by atoms with Crippen LogP contribution in [0.25, 0.3) is 0 Å². The van der Waals surface area contributed by atoms with Gasteiger partial charge in [-0.15, -0.1) is 0 Å². The molecule has 3 aromatic rings. The van der Waals surface area contributed by atoms with Gasteiger partial charge in [0.2, 0.25) is 0 Å². The first-order chi connectivity index (χ1) is 20.7. The lowest BCUT2D eigenvalue weighted by atomic mass is 10.0. The molecule has 0 aliphatic heterocycles. The van der Waals surface area contributed by atoms with Gasteiger partial charge in [-0.05, 0) is 61.4 Å². The number of alkyl halides is 9. The van der Waals surface area contributed by atoms with Crippen molar-refractivity contribution >= 4 is 31.7 Å². The lowest BCUT2D eigenvalue weighted by Gasteiger charge is -2.32. The van der Waals surface area contributed by atoms with E-state index in [1.54, 1.807) is 0 Å². The second kappa shape index (κ2) is 13.8. The highest BCUT2D eigenvalue weighted by Gasteiger charge is 2.86. The molecule has 0 amide bonds. The molecule has 0 heterocycles. The minimum absolute atomic E-state index is 0.337. The largest absolute Gasteiger partial charge is 0.460 e. The molecule has 3 aromatic carbocycles. The van der Waals surface area contributed by atoms with E-state index >= 15 is 0 Å². The Bertz CT molecular complexity index is 1570. The highest BCUT2D eigenvalue weighted by molar-refractivity contribution is 7.92. The Labute approximate surface area is 257 Å². The lowest BCUT2D eigenvalue weighted by Crippen LogP contribution is -2.63. The zero-order valence-corrected chi connectivity index (χ0v) is 25.4. The van der Waals surface area contributed by atoms with Crippen LogP contribution >= 0.6 is 0 Å². The van der Waals surface area contributed by atoms with Crippen LogP contribution < -0.4 is 4.18 Å². The molecule has 0 aromatic heterocycles. The minimum Gasteiger partial charge on any atom is -0.378 e. The Morgan fingerprint density at radius 3 is 1.47 bits per heavy atom. The van der Waals surface area contributed by atoms with Crippen LogP contribution in [0.15, 0.2) is 99.6 Å². The molecule has 0 saturated heterocycles. The molecular formula is C28H26F9O5S3+. The second-order valence-electron chi connectivity index (χ2n) is 9.76. The van der Waals surface area contributed by atoms with Crippen molar-refractivity contribution in [2.24, 2.45) is 0 Å². The van der Waals surface area contributed by atoms with E-state index in [0.717, 1.165) is 6.42 Å². The van der Waals surface area contributed by atoms with E-state index < -0.39 is 54.2 Å². The third-order valence-electron chi connectivity index (χ3n) is 6.55. The van der Waals surface area contributed by atoms with Crippen molar-refractivity contribution < 1.29 is 60.5 Å². The molecule has 4 rings (SSSR count). The maximum Gasteiger partial charge on any atom is 0.460 e. The summed E-state index contributed by atoms with van der Waals surface area (Å²) in [4.78, 5) is 2.30. The van der Waals surface area contributed by atoms with E-state index in [-0.39, 0.29) is 4.90 Å². The summed E-state index contributed by atoms with van der Waals surface area (Å²) in [6.45, 7) is 0. The number of hydrogen-bond acceptors (Lipinski definition) is 5. The van der Waals surface area contributed by atoms with Gasteiger partial charge in [0.25, 0.3) is 0 Å². The lowest BCUT2D eigenvalue weighted by molar-refractivity contribution is -0.382. The summed E-state index contributed by atoms with van der Waals surface area (Å²) in [6, 6.07) is 23.3. The first kappa shape index (κ1) is 36.5. The van der Waals surface area contributed by atoms with Crippen molar-refractivity contribution in [3.05, 3.63) is 84.9 Å². The fourth-order valence-corrected chi connectivity index (χ4v) is 7.81. The number of thiol groups is 1. The van der Waals surface area contributed by atoms with Gasteiger partial charge in [0.15, 0.2) is 19.6 Å². The molecule has 0 atom stereocenters. The molecule has 0 N–H and O–H groups in total. The third-order valence-corrected chi connectivity index (χ3v) is 11.2. The van der Waals surface area contributed by atoms with Gasteiger partial charge >= 0.3 is 33.4 Å². The van der Waals surface area contributed by atoms with Crippen LogP contribution in [0.5, 0.6) is 5.75 Å². The first-order valence-electron chi connectivity index (χ1n) is 13.0. The molecular weight excluding hydrogens is 683 g/mol. The molecule has 45 heavy (non-hydrogen) atoms. The van der Waals surface area contributed by atoms with Gasteiger partial charge in [0, 0.05) is 11.8 Å². The normalized spacial score (nSPS) is 15.6. The molecule has 1 saturated carbocycles. The number of hydrogen-bond donors (Lipinski definition) is 0. The van der Waals surface area contributed by atoms with Crippen molar-refractivity contribution in [2.75, 3.05) is 0 Å². The monoisotopic (exact) mass is 709 g/mol. The highest BCUT2D eigenvalue weighted by atomic mass is 32.2. The maximum atomic E-state index is 13.7. The highest BCUT2D eigenvalue weighted by Crippen LogP contribution is 2.55. The maximum absolute atomic E-state index is 13.7. The average molecular weight is 710 g/mol. The number of sulfone groups is 1. The Kier molecular flexibility index (Phi) is 11.2. The van der Waals surface area contributed by atoms with Crippen LogP contribution in [0.4, 0.5) is 39.5 Å². The summed E-state index contributed by atoms with van der Waals surface area (Å²) < 4.78 is 168. The van der Waals surface area contributed by atoms with E-state index in [1.165, 1.54) is 21.6 Å². The van der Waals surface area contributed by atoms with Gasteiger partial charge in [-0.25, -0.2) is 8.42 Å². The fraction of sp³-hybridized carbons (Fsp3) is 0.357. The average Bonchev–Trinajstić information content (AvgIpc) is 2.98. The van der Waals surface area contributed by atoms with Crippen molar-refractivity contribution in [1.29, 1.82) is 0 Å². The molecule has 0 unspecified atom stereocenters. The van der Waals surface area contributed by atoms with Gasteiger partial charge in [-0.3, -0.25) is 0 Å². The Hall–Kier alpha value is -2.92. The Morgan fingerprint density at radius 2 is 1.04 bits per heavy atom. The summed E-state index contributed by atoms with van der Waals surface area (Å²) in [5.41, 5.74) is 0. The molecule has 1 aliphatic carbocycles. The number of halogens is 9. The van der Waals surface area contributed by atoms with Crippen LogP contribution in [-0.2, 0) is 31.7 Å². The number of benzene rings is 3. The molecule has 0 bridgehead atoms. The topological polar surface area (TPSA) is 77.5 Å². The summed E-state index contributed by atoms with van der Waals surface area (Å²) in [6.07, 6.45) is -4.44. The van der Waals surface area contributed by atoms with Gasteiger partial charge in [-0.1, -0.05) is 55.7 Å². The van der Waals surface area contributed by atoms with Crippen LogP contribution in [0.2, 0.25) is 0 Å². The zero-order valence-electron chi connectivity index (χ0n) is 22.9. The van der Waals surface area contributed by atoms with E-state index in [9.17, 15) is 56.3 Å². The van der Waals surface area contributed by atoms with Crippen LogP contribution in [0.1, 0.15) is 32.1 Å². The SMILES string of the molecule is O=S(=O)(c1ccc(OS(=O)(=O)C(F)(F)C(F)(F)C(F)(F)C(F)(F)F)cc1)C1CCCCC1.c1ccc([SH+]c2ccccc2)cc1. The smallest absolute Gasteiger partial charge is 0.378 e. The minimum atomic E-state index is -7.43. The number of rotatable bonds is 9. The summed E-state index contributed by atoms with van der Waals surface area (Å²) in [5, 5.41) is -7.77. The predicted octanol–water partition coefficient (Wildman–Crippen LogP) is 7.85. The van der Waals surface area contributed by atoms with E-state index in [0.29, 0.717) is 49.9 Å². The van der Waals surface area contributed by atoms with Crippen molar-refractivity contribution in [3.8, 4) is 5.75 Å². The fourth-order valence-electron chi connectivity index (χ4n) is 4.10. The summed E-state index contributed by atoms with van der Waals surface area (Å²) in [7, 11) is -11.0. The summed E-state index contributed by atoms with van der Waals surface area (Å²) >= 11 is 1.28. The molecule has 248 valence electrons. The molecule has 5 nitrogen and oxygen atoms in total. The predicted molar refractivity (Wildman–Crippen MR) is 149 cm³/mol. The van der Waals surface area contributed by atoms with Crippen LogP contribution in [0, 0.1) is 0 Å². The quantitative estimate of drug-likeness (QED) is 0.0980. The molecule has 1 aliphatic rings. The molecule has 17 heteroatoms. The van der Waals surface area contributed by atoms with E-state index in [4.69, 9.17) is 0 Å². The first-order valence-corrected chi connectivity index (χ1v) is 16.9. The molecule has 0 spiro atoms. The van der Waals surface area contributed by atoms with Crippen LogP contribution in [-0.4, -0.2) is 45.4 Å². The summed E-state index contributed by atoms with van der Waals surface area (Å²) in [5.74, 6) is -16.1. The Morgan fingerprint density at radius 1 is 0.600 bits per heavy atom. The third kappa shape index (κ3) is 8.09. The zero-order chi connectivity index (χ0) is 33.7. The van der Waals surface area contributed by atoms with Crippen LogP contribution in [0.3, 0.4) is 0 Å². The van der Waals surface area contributed by atoms with E-state index in [2.05, 4.69) is 52.7 Å². The molecule has 1 fully saturated rings. The van der Waals surface area contributed by atoms with E-state index in [1.807, 2.05) is 12.1 Å². The standard InChI is InChI=1S/C16H15F9O5S2.C12H10S/c17-13(18,15(21,22)23)14(19,20)16(24,25)32(28,29)30-10-6-8-12(9-7-10)31(26,27)11-4-2-1-3-5-11;1-3-7-11(8-4-1)13-12-9-5-2-6-10-12/h6-9,11H,1-5H2;1-10H/p+1. The van der Waals surface area contributed by atoms with Gasteiger partial charge < -0.3 is 4.18 Å². The second-order valence-corrected chi connectivity index (χ2v) is 14.8. The van der Waals surface area contributed by atoms with Gasteiger partial charge in [0.1, 0.15) is 5.75 Å². The van der Waals surface area contributed by atoms with Gasteiger partial charge in [0.05, 0.1) is 10.1 Å². The molecule has 0 radical (unpaired) electrons.